The molecule has 0 amide bonds. The van der Waals surface area contributed by atoms with E-state index in [0.717, 1.165) is 21.5 Å². The maximum atomic E-state index is 6.40. The average Bonchev–Trinajstić information content (AvgIpc) is 2.45. The van der Waals surface area contributed by atoms with E-state index in [9.17, 15) is 0 Å². The third kappa shape index (κ3) is 4.02. The minimum absolute atomic E-state index is 0.0577. The number of ether oxygens (including phenoxy) is 1. The van der Waals surface area contributed by atoms with E-state index in [-0.39, 0.29) is 6.04 Å². The Morgan fingerprint density at radius 1 is 1.24 bits per heavy atom. The number of nitrogens with two attached hydrogens (primary N) is 1. The molecule has 2 rings (SSSR count). The van der Waals surface area contributed by atoms with Crippen LogP contribution in [0.25, 0.3) is 0 Å². The van der Waals surface area contributed by atoms with E-state index in [2.05, 4.69) is 41.9 Å². The van der Waals surface area contributed by atoms with Crippen molar-refractivity contribution in [2.24, 2.45) is 5.73 Å². The summed E-state index contributed by atoms with van der Waals surface area (Å²) in [5, 5.41) is 0. The van der Waals surface area contributed by atoms with Gasteiger partial charge in [-0.25, -0.2) is 0 Å². The maximum absolute atomic E-state index is 6.40. The van der Waals surface area contributed by atoms with Gasteiger partial charge in [-0.15, -0.1) is 11.8 Å². The van der Waals surface area contributed by atoms with E-state index in [1.165, 1.54) is 16.0 Å². The van der Waals surface area contributed by atoms with Gasteiger partial charge in [-0.05, 0) is 59.1 Å². The first-order valence-electron chi connectivity index (χ1n) is 6.81. The summed E-state index contributed by atoms with van der Waals surface area (Å²) in [5.74, 6) is 1.69. The minimum atomic E-state index is -0.0577. The number of aryl methyl sites for hydroxylation is 2. The van der Waals surface area contributed by atoms with Crippen molar-refractivity contribution in [3.8, 4) is 5.75 Å². The summed E-state index contributed by atoms with van der Waals surface area (Å²) in [4.78, 5) is 1.21. The zero-order valence-electron chi connectivity index (χ0n) is 12.5. The number of hydrogen-bond acceptors (Lipinski definition) is 3. The van der Waals surface area contributed by atoms with Crippen molar-refractivity contribution < 1.29 is 4.74 Å². The van der Waals surface area contributed by atoms with Crippen molar-refractivity contribution in [1.29, 1.82) is 0 Å². The van der Waals surface area contributed by atoms with Crippen LogP contribution in [0.15, 0.2) is 45.8 Å². The van der Waals surface area contributed by atoms with Crippen LogP contribution in [0, 0.1) is 13.8 Å². The summed E-state index contributed by atoms with van der Waals surface area (Å²) >= 11 is 5.32. The Hall–Kier alpha value is -0.970. The van der Waals surface area contributed by atoms with Crippen LogP contribution >= 0.6 is 27.7 Å². The summed E-state index contributed by atoms with van der Waals surface area (Å²) in [5.41, 5.74) is 9.88. The molecule has 1 unspecified atom stereocenters. The molecule has 0 fully saturated rings. The minimum Gasteiger partial charge on any atom is -0.496 e. The number of benzene rings is 2. The van der Waals surface area contributed by atoms with Gasteiger partial charge in [0.25, 0.3) is 0 Å². The van der Waals surface area contributed by atoms with Crippen molar-refractivity contribution in [1.82, 2.24) is 0 Å². The third-order valence-corrected chi connectivity index (χ3v) is 5.49. The van der Waals surface area contributed by atoms with Crippen LogP contribution in [0.5, 0.6) is 5.75 Å². The highest BCUT2D eigenvalue weighted by Crippen LogP contribution is 2.34. The van der Waals surface area contributed by atoms with Gasteiger partial charge in [0, 0.05) is 26.7 Å². The van der Waals surface area contributed by atoms with Crippen molar-refractivity contribution >= 4 is 27.7 Å². The number of methoxy groups -OCH3 is 1. The topological polar surface area (TPSA) is 35.2 Å². The Kier molecular flexibility index (Phi) is 5.73. The summed E-state index contributed by atoms with van der Waals surface area (Å²) in [6.07, 6.45) is 0. The number of halogens is 1. The van der Waals surface area contributed by atoms with Gasteiger partial charge in [0.1, 0.15) is 5.75 Å². The fourth-order valence-corrected chi connectivity index (χ4v) is 3.94. The average molecular weight is 366 g/mol. The zero-order chi connectivity index (χ0) is 15.4. The first kappa shape index (κ1) is 16.4. The van der Waals surface area contributed by atoms with Gasteiger partial charge >= 0.3 is 0 Å². The molecule has 2 aromatic carbocycles. The molecule has 2 aromatic rings. The second-order valence-corrected chi connectivity index (χ2v) is 6.96. The first-order chi connectivity index (χ1) is 10.0. The molecule has 0 radical (unpaired) electrons. The highest BCUT2D eigenvalue weighted by atomic mass is 79.9. The Balaban J connectivity index is 2.17. The molecule has 0 aliphatic rings. The van der Waals surface area contributed by atoms with Gasteiger partial charge in [-0.3, -0.25) is 0 Å². The molecular formula is C17H20BrNOS. The molecule has 2 nitrogen and oxygen atoms in total. The monoisotopic (exact) mass is 365 g/mol. The van der Waals surface area contributed by atoms with Crippen LogP contribution in [0.1, 0.15) is 22.7 Å². The number of hydrogen-bond donors (Lipinski definition) is 1. The second kappa shape index (κ2) is 7.34. The van der Waals surface area contributed by atoms with Crippen molar-refractivity contribution in [3.05, 3.63) is 57.6 Å². The largest absolute Gasteiger partial charge is 0.496 e. The van der Waals surface area contributed by atoms with Crippen molar-refractivity contribution in [2.45, 2.75) is 24.8 Å². The van der Waals surface area contributed by atoms with Crippen LogP contribution in [0.4, 0.5) is 0 Å². The van der Waals surface area contributed by atoms with Gasteiger partial charge in [-0.1, -0.05) is 18.2 Å². The molecule has 112 valence electrons. The highest BCUT2D eigenvalue weighted by Gasteiger charge is 2.16. The molecule has 0 saturated carbocycles. The van der Waals surface area contributed by atoms with Gasteiger partial charge in [0.2, 0.25) is 0 Å². The zero-order valence-corrected chi connectivity index (χ0v) is 14.9. The van der Waals surface area contributed by atoms with Gasteiger partial charge in [0.15, 0.2) is 0 Å². The van der Waals surface area contributed by atoms with Crippen LogP contribution in [-0.2, 0) is 0 Å². The van der Waals surface area contributed by atoms with E-state index in [1.54, 1.807) is 18.9 Å². The Morgan fingerprint density at radius 3 is 2.62 bits per heavy atom. The molecule has 0 aromatic heterocycles. The second-order valence-electron chi connectivity index (χ2n) is 5.05. The lowest BCUT2D eigenvalue weighted by atomic mass is 9.99. The lowest BCUT2D eigenvalue weighted by Gasteiger charge is -2.19. The van der Waals surface area contributed by atoms with Gasteiger partial charge in [0.05, 0.1) is 7.11 Å². The Morgan fingerprint density at radius 2 is 1.95 bits per heavy atom. The van der Waals surface area contributed by atoms with E-state index in [4.69, 9.17) is 10.5 Å². The quantitative estimate of drug-likeness (QED) is 0.767. The summed E-state index contributed by atoms with van der Waals surface area (Å²) in [7, 11) is 1.70. The smallest absolute Gasteiger partial charge is 0.124 e. The fraction of sp³-hybridized carbons (Fsp3) is 0.294. The predicted molar refractivity (Wildman–Crippen MR) is 94.3 cm³/mol. The molecule has 0 aliphatic heterocycles. The summed E-state index contributed by atoms with van der Waals surface area (Å²) < 4.78 is 6.61. The lowest BCUT2D eigenvalue weighted by Crippen LogP contribution is -2.16. The molecule has 0 bridgehead atoms. The standard InChI is InChI=1S/C17H20BrNOS/c1-11-8-12(2)17(15(9-11)20-3)14(19)10-21-16-7-5-4-6-13(16)18/h4-9,14H,10,19H2,1-3H3. The summed E-state index contributed by atoms with van der Waals surface area (Å²) in [6.45, 7) is 4.16. The number of thioether (sulfide) groups is 1. The lowest BCUT2D eigenvalue weighted by molar-refractivity contribution is 0.406. The fourth-order valence-electron chi connectivity index (χ4n) is 2.41. The summed E-state index contributed by atoms with van der Waals surface area (Å²) in [6, 6.07) is 12.3. The molecular weight excluding hydrogens is 346 g/mol. The molecule has 2 N–H and O–H groups in total. The Labute approximate surface area is 139 Å². The first-order valence-corrected chi connectivity index (χ1v) is 8.59. The van der Waals surface area contributed by atoms with Crippen LogP contribution < -0.4 is 10.5 Å². The molecule has 0 spiro atoms. The van der Waals surface area contributed by atoms with E-state index >= 15 is 0 Å². The highest BCUT2D eigenvalue weighted by molar-refractivity contribution is 9.10. The Bertz CT molecular complexity index is 630. The van der Waals surface area contributed by atoms with E-state index < -0.39 is 0 Å². The van der Waals surface area contributed by atoms with Crippen LogP contribution in [0.3, 0.4) is 0 Å². The molecule has 21 heavy (non-hydrogen) atoms. The van der Waals surface area contributed by atoms with Crippen LogP contribution in [-0.4, -0.2) is 12.9 Å². The molecule has 0 heterocycles. The number of rotatable bonds is 5. The maximum Gasteiger partial charge on any atom is 0.124 e. The predicted octanol–water partition coefficient (Wildman–Crippen LogP) is 4.87. The third-order valence-electron chi connectivity index (χ3n) is 3.34. The normalized spacial score (nSPS) is 12.2. The van der Waals surface area contributed by atoms with Crippen molar-refractivity contribution in [3.63, 3.8) is 0 Å². The van der Waals surface area contributed by atoms with Gasteiger partial charge < -0.3 is 10.5 Å². The molecule has 0 aliphatic carbocycles. The molecule has 4 heteroatoms. The van der Waals surface area contributed by atoms with Crippen molar-refractivity contribution in [2.75, 3.05) is 12.9 Å². The van der Waals surface area contributed by atoms with Gasteiger partial charge in [-0.2, -0.15) is 0 Å². The van der Waals surface area contributed by atoms with E-state index in [0.29, 0.717) is 0 Å². The van der Waals surface area contributed by atoms with E-state index in [1.807, 2.05) is 24.3 Å². The van der Waals surface area contributed by atoms with Crippen LogP contribution in [0.2, 0.25) is 0 Å². The molecule has 0 saturated heterocycles. The molecule has 1 atom stereocenters. The SMILES string of the molecule is COc1cc(C)cc(C)c1C(N)CSc1ccccc1Br.